The molecular weight excluding hydrogens is 378 g/mol. The number of aryl methyl sites for hydroxylation is 1. The molecule has 0 bridgehead atoms. The molecule has 6 heteroatoms. The molecule has 0 saturated carbocycles. The van der Waals surface area contributed by atoms with Gasteiger partial charge in [0, 0.05) is 59.6 Å². The molecule has 0 spiro atoms. The maximum atomic E-state index is 12.2. The molecule has 4 nitrogen and oxygen atoms in total. The van der Waals surface area contributed by atoms with E-state index in [1.54, 1.807) is 11.8 Å². The topological polar surface area (TPSA) is 35.6 Å². The minimum atomic E-state index is 0.0446. The third kappa shape index (κ3) is 5.89. The van der Waals surface area contributed by atoms with E-state index in [1.807, 2.05) is 30.3 Å². The number of carbonyl (C=O) groups excluding carboxylic acids is 1. The van der Waals surface area contributed by atoms with E-state index in [9.17, 15) is 4.79 Å². The first-order valence-corrected chi connectivity index (χ1v) is 10.6. The molecule has 0 aromatic heterocycles. The summed E-state index contributed by atoms with van der Waals surface area (Å²) in [5.41, 5.74) is 3.33. The molecule has 1 heterocycles. The number of amides is 1. The Bertz CT molecular complexity index is 773. The Morgan fingerprint density at radius 1 is 1.11 bits per heavy atom. The van der Waals surface area contributed by atoms with E-state index in [0.29, 0.717) is 6.42 Å². The molecule has 144 valence electrons. The van der Waals surface area contributed by atoms with Gasteiger partial charge in [0.2, 0.25) is 5.91 Å². The minimum absolute atomic E-state index is 0.0446. The van der Waals surface area contributed by atoms with Crippen molar-refractivity contribution in [2.75, 3.05) is 49.2 Å². The lowest BCUT2D eigenvalue weighted by atomic mass is 10.1. The predicted molar refractivity (Wildman–Crippen MR) is 116 cm³/mol. The standard InChI is InChI=1S/C21H26ClN3OS/c1-16-15-18(5-8-20(16)25-12-10-24(2)11-13-25)23-21(26)9-14-27-19-6-3-17(22)4-7-19/h3-8,15H,9-14H2,1-2H3,(H,23,26). The summed E-state index contributed by atoms with van der Waals surface area (Å²) in [6, 6.07) is 13.9. The SMILES string of the molecule is Cc1cc(NC(=O)CCSc2ccc(Cl)cc2)ccc1N1CCN(C)CC1. The van der Waals surface area contributed by atoms with Gasteiger partial charge in [0.1, 0.15) is 0 Å². The number of benzene rings is 2. The summed E-state index contributed by atoms with van der Waals surface area (Å²) in [5, 5.41) is 3.74. The van der Waals surface area contributed by atoms with Gasteiger partial charge in [-0.1, -0.05) is 11.6 Å². The summed E-state index contributed by atoms with van der Waals surface area (Å²) in [7, 11) is 2.16. The Balaban J connectivity index is 1.49. The highest BCUT2D eigenvalue weighted by atomic mass is 35.5. The average molecular weight is 404 g/mol. The zero-order valence-corrected chi connectivity index (χ0v) is 17.4. The van der Waals surface area contributed by atoms with Crippen LogP contribution in [0.4, 0.5) is 11.4 Å². The maximum Gasteiger partial charge on any atom is 0.225 e. The van der Waals surface area contributed by atoms with Gasteiger partial charge in [0.15, 0.2) is 0 Å². The number of anilines is 2. The van der Waals surface area contributed by atoms with E-state index in [-0.39, 0.29) is 5.91 Å². The summed E-state index contributed by atoms with van der Waals surface area (Å²) >= 11 is 7.55. The maximum absolute atomic E-state index is 12.2. The van der Waals surface area contributed by atoms with Gasteiger partial charge >= 0.3 is 0 Å². The van der Waals surface area contributed by atoms with Crippen LogP contribution in [0.2, 0.25) is 5.02 Å². The Hall–Kier alpha value is -1.69. The Kier molecular flexibility index (Phi) is 7.05. The highest BCUT2D eigenvalue weighted by Crippen LogP contribution is 2.25. The summed E-state index contributed by atoms with van der Waals surface area (Å²) in [5.74, 6) is 0.787. The fourth-order valence-corrected chi connectivity index (χ4v) is 4.13. The van der Waals surface area contributed by atoms with Crippen LogP contribution in [-0.2, 0) is 4.79 Å². The molecule has 0 atom stereocenters. The van der Waals surface area contributed by atoms with Crippen LogP contribution in [-0.4, -0.2) is 49.8 Å². The van der Waals surface area contributed by atoms with Crippen molar-refractivity contribution in [1.82, 2.24) is 4.90 Å². The first kappa shape index (κ1) is 20.1. The van der Waals surface area contributed by atoms with Crippen LogP contribution in [0.3, 0.4) is 0 Å². The summed E-state index contributed by atoms with van der Waals surface area (Å²) < 4.78 is 0. The largest absolute Gasteiger partial charge is 0.369 e. The van der Waals surface area contributed by atoms with Gasteiger partial charge in [0.05, 0.1) is 0 Å². The molecular formula is C21H26ClN3OS. The van der Waals surface area contributed by atoms with Crippen molar-refractivity contribution < 1.29 is 4.79 Å². The van der Waals surface area contributed by atoms with E-state index in [0.717, 1.165) is 47.5 Å². The van der Waals surface area contributed by atoms with Gasteiger partial charge in [-0.3, -0.25) is 4.79 Å². The lowest BCUT2D eigenvalue weighted by Crippen LogP contribution is -2.44. The van der Waals surface area contributed by atoms with Crippen LogP contribution in [0.25, 0.3) is 0 Å². The summed E-state index contributed by atoms with van der Waals surface area (Å²) in [4.78, 5) is 18.1. The molecule has 1 saturated heterocycles. The highest BCUT2D eigenvalue weighted by molar-refractivity contribution is 7.99. The first-order valence-electron chi connectivity index (χ1n) is 9.23. The Morgan fingerprint density at radius 2 is 1.81 bits per heavy atom. The third-order valence-electron chi connectivity index (χ3n) is 4.74. The van der Waals surface area contributed by atoms with Gasteiger partial charge in [-0.2, -0.15) is 0 Å². The Labute approximate surface area is 170 Å². The number of hydrogen-bond donors (Lipinski definition) is 1. The Morgan fingerprint density at radius 3 is 2.48 bits per heavy atom. The number of thioether (sulfide) groups is 1. The normalized spacial score (nSPS) is 15.0. The quantitative estimate of drug-likeness (QED) is 0.719. The van der Waals surface area contributed by atoms with Crippen molar-refractivity contribution in [2.45, 2.75) is 18.2 Å². The lowest BCUT2D eigenvalue weighted by molar-refractivity contribution is -0.115. The second-order valence-corrected chi connectivity index (χ2v) is 8.50. The second-order valence-electron chi connectivity index (χ2n) is 6.89. The molecule has 1 aliphatic rings. The van der Waals surface area contributed by atoms with Gasteiger partial charge < -0.3 is 15.1 Å². The van der Waals surface area contributed by atoms with Gasteiger partial charge in [-0.25, -0.2) is 0 Å². The van der Waals surface area contributed by atoms with Crippen molar-refractivity contribution in [3.63, 3.8) is 0 Å². The van der Waals surface area contributed by atoms with Crippen LogP contribution in [0.5, 0.6) is 0 Å². The highest BCUT2D eigenvalue weighted by Gasteiger charge is 2.16. The van der Waals surface area contributed by atoms with Crippen molar-refractivity contribution >= 4 is 40.6 Å². The zero-order chi connectivity index (χ0) is 19.2. The molecule has 0 aliphatic carbocycles. The average Bonchev–Trinajstić information content (AvgIpc) is 2.64. The van der Waals surface area contributed by atoms with Gasteiger partial charge in [0.25, 0.3) is 0 Å². The lowest BCUT2D eigenvalue weighted by Gasteiger charge is -2.35. The summed E-state index contributed by atoms with van der Waals surface area (Å²) in [6.07, 6.45) is 0.479. The number of hydrogen-bond acceptors (Lipinski definition) is 4. The summed E-state index contributed by atoms with van der Waals surface area (Å²) in [6.45, 7) is 6.38. The van der Waals surface area contributed by atoms with Crippen LogP contribution in [0.15, 0.2) is 47.4 Å². The number of halogens is 1. The molecule has 0 unspecified atom stereocenters. The monoisotopic (exact) mass is 403 g/mol. The van der Waals surface area contributed by atoms with E-state index >= 15 is 0 Å². The molecule has 2 aromatic carbocycles. The number of rotatable bonds is 6. The zero-order valence-electron chi connectivity index (χ0n) is 15.9. The van der Waals surface area contributed by atoms with E-state index in [4.69, 9.17) is 11.6 Å². The molecule has 2 aromatic rings. The van der Waals surface area contributed by atoms with Gasteiger partial charge in [-0.15, -0.1) is 11.8 Å². The van der Waals surface area contributed by atoms with Crippen LogP contribution < -0.4 is 10.2 Å². The number of likely N-dealkylation sites (N-methyl/N-ethyl adjacent to an activating group) is 1. The molecule has 1 N–H and O–H groups in total. The molecule has 27 heavy (non-hydrogen) atoms. The van der Waals surface area contributed by atoms with Crippen molar-refractivity contribution in [3.8, 4) is 0 Å². The number of piperazine rings is 1. The first-order chi connectivity index (χ1) is 13.0. The third-order valence-corrected chi connectivity index (χ3v) is 6.00. The molecule has 3 rings (SSSR count). The van der Waals surface area contributed by atoms with E-state index in [2.05, 4.69) is 41.2 Å². The molecule has 0 radical (unpaired) electrons. The predicted octanol–water partition coefficient (Wildman–Crippen LogP) is 4.52. The fraction of sp³-hybridized carbons (Fsp3) is 0.381. The smallest absolute Gasteiger partial charge is 0.225 e. The van der Waals surface area contributed by atoms with Crippen molar-refractivity contribution in [2.24, 2.45) is 0 Å². The number of nitrogens with zero attached hydrogens (tertiary/aromatic N) is 2. The van der Waals surface area contributed by atoms with Crippen LogP contribution >= 0.6 is 23.4 Å². The molecule has 1 fully saturated rings. The van der Waals surface area contributed by atoms with Crippen LogP contribution in [0, 0.1) is 6.92 Å². The van der Waals surface area contributed by atoms with Crippen molar-refractivity contribution in [1.29, 1.82) is 0 Å². The van der Waals surface area contributed by atoms with Crippen LogP contribution in [0.1, 0.15) is 12.0 Å². The number of carbonyl (C=O) groups is 1. The second kappa shape index (κ2) is 9.49. The van der Waals surface area contributed by atoms with Gasteiger partial charge in [-0.05, 0) is 62.0 Å². The molecule has 1 aliphatic heterocycles. The minimum Gasteiger partial charge on any atom is -0.369 e. The molecule has 1 amide bonds. The van der Waals surface area contributed by atoms with Crippen molar-refractivity contribution in [3.05, 3.63) is 53.1 Å². The van der Waals surface area contributed by atoms with E-state index < -0.39 is 0 Å². The van der Waals surface area contributed by atoms with E-state index in [1.165, 1.54) is 11.3 Å². The fourth-order valence-electron chi connectivity index (χ4n) is 3.15. The number of nitrogens with one attached hydrogen (secondary N) is 1.